The Morgan fingerprint density at radius 2 is 0.971 bits per heavy atom. The monoisotopic (exact) mass is 452 g/mol. The van der Waals surface area contributed by atoms with E-state index in [1.165, 1.54) is 24.6 Å². The van der Waals surface area contributed by atoms with Crippen LogP contribution in [0, 0.1) is 0 Å². The highest BCUT2D eigenvalue weighted by molar-refractivity contribution is 5.86. The van der Waals surface area contributed by atoms with Crippen LogP contribution in [-0.4, -0.2) is 22.6 Å². The molecule has 0 heterocycles. The fourth-order valence-corrected chi connectivity index (χ4v) is 3.12. The van der Waals surface area contributed by atoms with Crippen LogP contribution >= 0.6 is 0 Å². The van der Waals surface area contributed by atoms with E-state index in [9.17, 15) is 10.2 Å². The lowest BCUT2D eigenvalue weighted by Crippen LogP contribution is -1.95. The van der Waals surface area contributed by atoms with Crippen molar-refractivity contribution in [3.05, 3.63) is 119 Å². The number of phenolic OH excluding ortho intramolecular Hbond substituents is 2. The van der Waals surface area contributed by atoms with E-state index < -0.39 is 0 Å². The Bertz CT molecular complexity index is 1170. The van der Waals surface area contributed by atoms with E-state index in [4.69, 9.17) is 9.47 Å². The number of hydrogen-bond donors (Lipinski definition) is 2. The molecule has 0 aliphatic carbocycles. The van der Waals surface area contributed by atoms with E-state index in [0.717, 1.165) is 11.1 Å². The highest BCUT2D eigenvalue weighted by Crippen LogP contribution is 2.24. The Morgan fingerprint density at radius 1 is 0.559 bits per heavy atom. The minimum Gasteiger partial charge on any atom is -0.507 e. The summed E-state index contributed by atoms with van der Waals surface area (Å²) in [5.74, 6) is 1.18. The summed E-state index contributed by atoms with van der Waals surface area (Å²) in [6.07, 6.45) is 2.86. The predicted octanol–water partition coefficient (Wildman–Crippen LogP) is 5.71. The summed E-state index contributed by atoms with van der Waals surface area (Å²) >= 11 is 0. The zero-order valence-corrected chi connectivity index (χ0v) is 18.4. The summed E-state index contributed by atoms with van der Waals surface area (Å²) in [7, 11) is 0. The van der Waals surface area contributed by atoms with Gasteiger partial charge in [-0.1, -0.05) is 60.7 Å². The Morgan fingerprint density at radius 3 is 1.35 bits per heavy atom. The molecule has 0 aliphatic rings. The minimum absolute atomic E-state index is 0.0345. The topological polar surface area (TPSA) is 83.6 Å². The minimum atomic E-state index is 0.0345. The SMILES string of the molecule is Oc1cc(OCc2ccccc2)ccc1/C=N/N=C/c1ccc(OCc2ccccc2)cc1O. The van der Waals surface area contributed by atoms with Gasteiger partial charge in [-0.05, 0) is 35.4 Å². The normalized spacial score (nSPS) is 11.2. The summed E-state index contributed by atoms with van der Waals surface area (Å²) in [6.45, 7) is 0.829. The lowest BCUT2D eigenvalue weighted by Gasteiger charge is -2.07. The fraction of sp³-hybridized carbons (Fsp3) is 0.0714. The van der Waals surface area contributed by atoms with Gasteiger partial charge < -0.3 is 19.7 Å². The molecule has 4 aromatic rings. The summed E-state index contributed by atoms with van der Waals surface area (Å²) < 4.78 is 11.4. The van der Waals surface area contributed by atoms with Crippen molar-refractivity contribution in [3.8, 4) is 23.0 Å². The van der Waals surface area contributed by atoms with E-state index >= 15 is 0 Å². The quantitative estimate of drug-likeness (QED) is 0.252. The number of aromatic hydroxyl groups is 2. The van der Waals surface area contributed by atoms with Crippen LogP contribution in [0.25, 0.3) is 0 Å². The standard InChI is InChI=1S/C28H24N2O4/c31-27-15-25(33-19-21-7-3-1-4-8-21)13-11-23(27)17-29-30-18-24-12-14-26(16-28(24)32)34-20-22-9-5-2-6-10-22/h1-18,31-32H,19-20H2/b29-17+,30-18+. The Balaban J connectivity index is 1.31. The van der Waals surface area contributed by atoms with E-state index in [2.05, 4.69) is 10.2 Å². The second-order valence-corrected chi connectivity index (χ2v) is 7.48. The average molecular weight is 453 g/mol. The maximum absolute atomic E-state index is 10.2. The van der Waals surface area contributed by atoms with Gasteiger partial charge in [0.1, 0.15) is 36.2 Å². The van der Waals surface area contributed by atoms with Crippen molar-refractivity contribution in [2.45, 2.75) is 13.2 Å². The number of rotatable bonds is 9. The van der Waals surface area contributed by atoms with Crippen molar-refractivity contribution in [2.24, 2.45) is 10.2 Å². The van der Waals surface area contributed by atoms with Crippen molar-refractivity contribution in [1.29, 1.82) is 0 Å². The molecule has 4 rings (SSSR count). The van der Waals surface area contributed by atoms with Gasteiger partial charge in [0.05, 0.1) is 12.4 Å². The highest BCUT2D eigenvalue weighted by Gasteiger charge is 2.04. The second kappa shape index (κ2) is 11.3. The van der Waals surface area contributed by atoms with Crippen molar-refractivity contribution in [1.82, 2.24) is 0 Å². The van der Waals surface area contributed by atoms with Gasteiger partial charge in [0, 0.05) is 23.3 Å². The zero-order chi connectivity index (χ0) is 23.6. The Labute approximate surface area is 198 Å². The van der Waals surface area contributed by atoms with Gasteiger partial charge in [0.2, 0.25) is 0 Å². The first-order valence-corrected chi connectivity index (χ1v) is 10.7. The number of nitrogens with zero attached hydrogens (tertiary/aromatic N) is 2. The van der Waals surface area contributed by atoms with Gasteiger partial charge in [0.25, 0.3) is 0 Å². The first kappa shape index (κ1) is 22.6. The van der Waals surface area contributed by atoms with Crippen LogP contribution in [0.1, 0.15) is 22.3 Å². The Hall–Kier alpha value is -4.58. The van der Waals surface area contributed by atoms with Gasteiger partial charge in [-0.25, -0.2) is 0 Å². The molecular weight excluding hydrogens is 428 g/mol. The van der Waals surface area contributed by atoms with Gasteiger partial charge in [-0.15, -0.1) is 0 Å². The molecule has 0 saturated heterocycles. The molecule has 4 aromatic carbocycles. The third kappa shape index (κ3) is 6.46. The van der Waals surface area contributed by atoms with Crippen LogP contribution in [0.2, 0.25) is 0 Å². The maximum Gasteiger partial charge on any atom is 0.128 e. The van der Waals surface area contributed by atoms with E-state index in [1.54, 1.807) is 24.3 Å². The van der Waals surface area contributed by atoms with E-state index in [-0.39, 0.29) is 11.5 Å². The predicted molar refractivity (Wildman–Crippen MR) is 133 cm³/mol. The summed E-state index contributed by atoms with van der Waals surface area (Å²) in [5, 5.41) is 28.4. The second-order valence-electron chi connectivity index (χ2n) is 7.48. The van der Waals surface area contributed by atoms with E-state index in [0.29, 0.717) is 35.8 Å². The summed E-state index contributed by atoms with van der Waals surface area (Å²) in [5.41, 5.74) is 3.08. The largest absolute Gasteiger partial charge is 0.507 e. The molecule has 0 amide bonds. The first-order valence-electron chi connectivity index (χ1n) is 10.7. The molecule has 0 aliphatic heterocycles. The summed E-state index contributed by atoms with van der Waals surface area (Å²) in [4.78, 5) is 0. The Kier molecular flexibility index (Phi) is 7.54. The molecule has 0 aromatic heterocycles. The summed E-state index contributed by atoms with van der Waals surface area (Å²) in [6, 6.07) is 29.6. The smallest absolute Gasteiger partial charge is 0.128 e. The van der Waals surface area contributed by atoms with Crippen molar-refractivity contribution in [3.63, 3.8) is 0 Å². The third-order valence-corrected chi connectivity index (χ3v) is 4.96. The third-order valence-electron chi connectivity index (χ3n) is 4.96. The van der Waals surface area contributed by atoms with Crippen LogP contribution in [0.5, 0.6) is 23.0 Å². The molecule has 0 fully saturated rings. The molecule has 6 nitrogen and oxygen atoms in total. The highest BCUT2D eigenvalue weighted by atomic mass is 16.5. The zero-order valence-electron chi connectivity index (χ0n) is 18.4. The van der Waals surface area contributed by atoms with Crippen LogP contribution in [-0.2, 0) is 13.2 Å². The molecule has 0 radical (unpaired) electrons. The van der Waals surface area contributed by atoms with Gasteiger partial charge in [-0.2, -0.15) is 10.2 Å². The molecular formula is C28H24N2O4. The van der Waals surface area contributed by atoms with Crippen LogP contribution in [0.4, 0.5) is 0 Å². The molecule has 0 atom stereocenters. The number of benzene rings is 4. The molecule has 6 heteroatoms. The van der Waals surface area contributed by atoms with Gasteiger partial charge in [-0.3, -0.25) is 0 Å². The van der Waals surface area contributed by atoms with E-state index in [1.807, 2.05) is 60.7 Å². The van der Waals surface area contributed by atoms with Crippen LogP contribution < -0.4 is 9.47 Å². The van der Waals surface area contributed by atoms with Crippen molar-refractivity contribution >= 4 is 12.4 Å². The lowest BCUT2D eigenvalue weighted by atomic mass is 10.2. The average Bonchev–Trinajstić information content (AvgIpc) is 2.87. The molecule has 0 bridgehead atoms. The van der Waals surface area contributed by atoms with Crippen LogP contribution in [0.3, 0.4) is 0 Å². The van der Waals surface area contributed by atoms with Crippen molar-refractivity contribution < 1.29 is 19.7 Å². The first-order chi connectivity index (χ1) is 16.7. The van der Waals surface area contributed by atoms with Gasteiger partial charge in [0.15, 0.2) is 0 Å². The number of hydrogen-bond acceptors (Lipinski definition) is 6. The number of ether oxygens (including phenoxy) is 2. The lowest BCUT2D eigenvalue weighted by molar-refractivity contribution is 0.304. The van der Waals surface area contributed by atoms with Crippen molar-refractivity contribution in [2.75, 3.05) is 0 Å². The fourth-order valence-electron chi connectivity index (χ4n) is 3.12. The molecule has 0 unspecified atom stereocenters. The van der Waals surface area contributed by atoms with Gasteiger partial charge >= 0.3 is 0 Å². The molecule has 2 N–H and O–H groups in total. The molecule has 34 heavy (non-hydrogen) atoms. The molecule has 170 valence electrons. The molecule has 0 saturated carbocycles. The molecule has 0 spiro atoms. The number of phenols is 2. The van der Waals surface area contributed by atoms with Crippen LogP contribution in [0.15, 0.2) is 107 Å². The maximum atomic E-state index is 10.2.